The molecular weight excluding hydrogens is 484 g/mol. The summed E-state index contributed by atoms with van der Waals surface area (Å²) in [4.78, 5) is 0. The summed E-state index contributed by atoms with van der Waals surface area (Å²) in [6.45, 7) is 6.59. The van der Waals surface area contributed by atoms with Gasteiger partial charge in [0.1, 0.15) is 0 Å². The Morgan fingerprint density at radius 3 is 1.38 bits per heavy atom. The maximum atomic E-state index is 5.96. The fourth-order valence-corrected chi connectivity index (χ4v) is 5.84. The van der Waals surface area contributed by atoms with Crippen molar-refractivity contribution < 1.29 is 0 Å². The Kier molecular flexibility index (Phi) is 10.9. The molecule has 4 N–H and O–H groups in total. The van der Waals surface area contributed by atoms with E-state index in [1.807, 2.05) is 12.1 Å². The van der Waals surface area contributed by atoms with E-state index in [0.717, 1.165) is 24.2 Å². The second kappa shape index (κ2) is 14.7. The second-order valence-corrected chi connectivity index (χ2v) is 11.7. The van der Waals surface area contributed by atoms with Crippen LogP contribution >= 0.6 is 0 Å². The van der Waals surface area contributed by atoms with Crippen LogP contribution in [-0.4, -0.2) is 0 Å². The minimum atomic E-state index is 0.426. The summed E-state index contributed by atoms with van der Waals surface area (Å²) in [5.41, 5.74) is 24.3. The minimum Gasteiger partial charge on any atom is -0.399 e. The van der Waals surface area contributed by atoms with Gasteiger partial charge in [-0.15, -0.1) is 0 Å². The number of hydrogen-bond donors (Lipinski definition) is 2. The predicted molar refractivity (Wildman–Crippen MR) is 174 cm³/mol. The number of rotatable bonds is 14. The van der Waals surface area contributed by atoms with E-state index in [1.54, 1.807) is 0 Å². The molecule has 0 aliphatic heterocycles. The van der Waals surface area contributed by atoms with Gasteiger partial charge in [-0.1, -0.05) is 113 Å². The number of nitrogen functional groups attached to an aromatic ring is 2. The molecule has 0 bridgehead atoms. The van der Waals surface area contributed by atoms with Crippen molar-refractivity contribution in [1.82, 2.24) is 0 Å². The minimum absolute atomic E-state index is 0.426. The van der Waals surface area contributed by atoms with Crippen LogP contribution in [0.1, 0.15) is 109 Å². The molecule has 0 saturated carbocycles. The molecule has 210 valence electrons. The van der Waals surface area contributed by atoms with Gasteiger partial charge in [0.2, 0.25) is 0 Å². The van der Waals surface area contributed by atoms with Crippen LogP contribution in [0.15, 0.2) is 84.9 Å². The number of nitrogens with two attached hydrogens (primary N) is 2. The molecule has 0 aliphatic rings. The Morgan fingerprint density at radius 2 is 0.950 bits per heavy atom. The Hall–Kier alpha value is -3.52. The summed E-state index contributed by atoms with van der Waals surface area (Å²) in [6, 6.07) is 31.2. The van der Waals surface area contributed by atoms with Gasteiger partial charge in [0.05, 0.1) is 0 Å². The first-order valence-electron chi connectivity index (χ1n) is 15.3. The van der Waals surface area contributed by atoms with Gasteiger partial charge in [0, 0.05) is 17.3 Å². The zero-order chi connectivity index (χ0) is 28.3. The quantitative estimate of drug-likeness (QED) is 0.125. The molecule has 4 aromatic rings. The van der Waals surface area contributed by atoms with Crippen molar-refractivity contribution in [3.63, 3.8) is 0 Å². The SMILES string of the molecule is CCCCCCCCCC(c1ccc(Cc2ccc(N)cc2C)cc1)c1ccc(Cc2ccc(N)cc2C)cc1. The van der Waals surface area contributed by atoms with E-state index in [4.69, 9.17) is 11.5 Å². The van der Waals surface area contributed by atoms with Crippen LogP contribution in [0.25, 0.3) is 0 Å². The van der Waals surface area contributed by atoms with Crippen LogP contribution < -0.4 is 11.5 Å². The van der Waals surface area contributed by atoms with Crippen molar-refractivity contribution in [1.29, 1.82) is 0 Å². The molecule has 0 radical (unpaired) electrons. The third-order valence-corrected chi connectivity index (χ3v) is 8.38. The highest BCUT2D eigenvalue weighted by atomic mass is 14.5. The number of aryl methyl sites for hydroxylation is 2. The Labute approximate surface area is 242 Å². The van der Waals surface area contributed by atoms with Crippen molar-refractivity contribution in [2.45, 2.75) is 90.9 Å². The lowest BCUT2D eigenvalue weighted by molar-refractivity contribution is 0.558. The molecule has 2 heteroatoms. The van der Waals surface area contributed by atoms with E-state index in [-0.39, 0.29) is 0 Å². The third-order valence-electron chi connectivity index (χ3n) is 8.38. The normalized spacial score (nSPS) is 11.3. The van der Waals surface area contributed by atoms with Gasteiger partial charge in [0.15, 0.2) is 0 Å². The van der Waals surface area contributed by atoms with Crippen LogP contribution in [0.5, 0.6) is 0 Å². The van der Waals surface area contributed by atoms with Crippen LogP contribution in [0, 0.1) is 13.8 Å². The van der Waals surface area contributed by atoms with Crippen molar-refractivity contribution >= 4 is 11.4 Å². The lowest BCUT2D eigenvalue weighted by Crippen LogP contribution is -2.03. The number of unbranched alkanes of at least 4 members (excludes halogenated alkanes) is 6. The van der Waals surface area contributed by atoms with Crippen molar-refractivity contribution in [3.8, 4) is 0 Å². The van der Waals surface area contributed by atoms with Crippen LogP contribution in [0.2, 0.25) is 0 Å². The summed E-state index contributed by atoms with van der Waals surface area (Å²) >= 11 is 0. The van der Waals surface area contributed by atoms with E-state index < -0.39 is 0 Å². The standard InChI is InChI=1S/C38H48N2/c1-4-5-6-7-8-9-10-11-38(32-16-12-30(13-17-32)26-34-20-22-36(39)24-28(34)2)33-18-14-31(15-19-33)27-35-21-23-37(40)25-29(35)3/h12-25,38H,4-11,26-27,39-40H2,1-3H3. The van der Waals surface area contributed by atoms with Crippen molar-refractivity contribution in [2.75, 3.05) is 11.5 Å². The number of benzene rings is 4. The molecule has 0 heterocycles. The van der Waals surface area contributed by atoms with Gasteiger partial charge >= 0.3 is 0 Å². The smallest absolute Gasteiger partial charge is 0.0316 e. The van der Waals surface area contributed by atoms with Crippen LogP contribution in [-0.2, 0) is 12.8 Å². The van der Waals surface area contributed by atoms with Gasteiger partial charge in [-0.3, -0.25) is 0 Å². The van der Waals surface area contributed by atoms with Gasteiger partial charge in [-0.05, 0) is 102 Å². The topological polar surface area (TPSA) is 52.0 Å². The molecule has 0 saturated heterocycles. The van der Waals surface area contributed by atoms with E-state index in [0.29, 0.717) is 5.92 Å². The zero-order valence-electron chi connectivity index (χ0n) is 24.9. The molecule has 4 aromatic carbocycles. The van der Waals surface area contributed by atoms with E-state index in [9.17, 15) is 0 Å². The fraction of sp³-hybridized carbons (Fsp3) is 0.368. The van der Waals surface area contributed by atoms with Gasteiger partial charge in [-0.2, -0.15) is 0 Å². The largest absolute Gasteiger partial charge is 0.399 e. The molecule has 0 spiro atoms. The molecule has 2 nitrogen and oxygen atoms in total. The maximum Gasteiger partial charge on any atom is 0.0316 e. The zero-order valence-corrected chi connectivity index (χ0v) is 24.9. The predicted octanol–water partition coefficient (Wildman–Crippen LogP) is 9.92. The molecule has 40 heavy (non-hydrogen) atoms. The summed E-state index contributed by atoms with van der Waals surface area (Å²) in [5.74, 6) is 0.426. The monoisotopic (exact) mass is 532 g/mol. The van der Waals surface area contributed by atoms with Crippen molar-refractivity contribution in [3.05, 3.63) is 129 Å². The lowest BCUT2D eigenvalue weighted by Gasteiger charge is -2.19. The van der Waals surface area contributed by atoms with Gasteiger partial charge < -0.3 is 11.5 Å². The molecule has 4 rings (SSSR count). The number of hydrogen-bond acceptors (Lipinski definition) is 2. The molecule has 0 fully saturated rings. The van der Waals surface area contributed by atoms with Crippen LogP contribution in [0.3, 0.4) is 0 Å². The summed E-state index contributed by atoms with van der Waals surface area (Å²) in [5, 5.41) is 0. The molecule has 0 unspecified atom stereocenters. The molecule has 0 aliphatic carbocycles. The highest BCUT2D eigenvalue weighted by molar-refractivity contribution is 5.47. The third kappa shape index (κ3) is 8.49. The first-order chi connectivity index (χ1) is 19.4. The Balaban J connectivity index is 1.47. The van der Waals surface area contributed by atoms with E-state index in [2.05, 4.69) is 93.6 Å². The van der Waals surface area contributed by atoms with E-state index in [1.165, 1.54) is 95.9 Å². The first kappa shape index (κ1) is 29.5. The van der Waals surface area contributed by atoms with Crippen LogP contribution in [0.4, 0.5) is 11.4 Å². The van der Waals surface area contributed by atoms with E-state index >= 15 is 0 Å². The number of anilines is 2. The Bertz CT molecular complexity index is 1240. The first-order valence-corrected chi connectivity index (χ1v) is 15.3. The summed E-state index contributed by atoms with van der Waals surface area (Å²) in [7, 11) is 0. The second-order valence-electron chi connectivity index (χ2n) is 11.7. The molecular formula is C38H48N2. The fourth-order valence-electron chi connectivity index (χ4n) is 5.84. The highest BCUT2D eigenvalue weighted by Crippen LogP contribution is 2.32. The highest BCUT2D eigenvalue weighted by Gasteiger charge is 2.15. The average Bonchev–Trinajstić information content (AvgIpc) is 2.94. The molecule has 0 atom stereocenters. The summed E-state index contributed by atoms with van der Waals surface area (Å²) in [6.07, 6.45) is 12.5. The van der Waals surface area contributed by atoms with Gasteiger partial charge in [-0.25, -0.2) is 0 Å². The van der Waals surface area contributed by atoms with Crippen molar-refractivity contribution in [2.24, 2.45) is 0 Å². The van der Waals surface area contributed by atoms with Gasteiger partial charge in [0.25, 0.3) is 0 Å². The maximum absolute atomic E-state index is 5.96. The average molecular weight is 533 g/mol. The molecule has 0 amide bonds. The summed E-state index contributed by atoms with van der Waals surface area (Å²) < 4.78 is 0. The molecule has 0 aromatic heterocycles. The Morgan fingerprint density at radius 1 is 0.525 bits per heavy atom. The lowest BCUT2D eigenvalue weighted by atomic mass is 9.85.